The van der Waals surface area contributed by atoms with Crippen LogP contribution >= 0.6 is 11.6 Å². The number of nitrogens with one attached hydrogen (secondary N) is 1. The van der Waals surface area contributed by atoms with Gasteiger partial charge >= 0.3 is 5.97 Å². The first-order valence-electron chi connectivity index (χ1n) is 7.44. The van der Waals surface area contributed by atoms with Crippen molar-refractivity contribution in [2.45, 2.75) is 20.3 Å². The second-order valence-corrected chi connectivity index (χ2v) is 5.81. The largest absolute Gasteiger partial charge is 0.494 e. The molecule has 0 heterocycles. The van der Waals surface area contributed by atoms with E-state index >= 15 is 0 Å². The molecule has 4 nitrogen and oxygen atoms in total. The van der Waals surface area contributed by atoms with E-state index in [1.54, 1.807) is 12.1 Å². The minimum absolute atomic E-state index is 0.174. The summed E-state index contributed by atoms with van der Waals surface area (Å²) in [5.41, 5.74) is 3.18. The molecule has 0 aliphatic rings. The first kappa shape index (κ1) is 17.2. The van der Waals surface area contributed by atoms with Crippen molar-refractivity contribution in [3.05, 3.63) is 58.1 Å². The van der Waals surface area contributed by atoms with E-state index < -0.39 is 5.97 Å². The van der Waals surface area contributed by atoms with Crippen molar-refractivity contribution in [3.63, 3.8) is 0 Å². The number of benzene rings is 2. The number of carboxylic acids is 1. The van der Waals surface area contributed by atoms with Gasteiger partial charge in [-0.15, -0.1) is 0 Å². The van der Waals surface area contributed by atoms with Crippen molar-refractivity contribution in [2.75, 3.05) is 18.5 Å². The second-order valence-electron chi connectivity index (χ2n) is 5.37. The van der Waals surface area contributed by atoms with Crippen LogP contribution < -0.4 is 10.1 Å². The molecule has 0 fully saturated rings. The van der Waals surface area contributed by atoms with Crippen LogP contribution in [0.5, 0.6) is 5.75 Å². The topological polar surface area (TPSA) is 58.6 Å². The first-order chi connectivity index (χ1) is 11.0. The zero-order valence-corrected chi connectivity index (χ0v) is 14.0. The molecular formula is C18H20ClNO3. The van der Waals surface area contributed by atoms with Crippen molar-refractivity contribution in [2.24, 2.45) is 0 Å². The van der Waals surface area contributed by atoms with Gasteiger partial charge in [0.05, 0.1) is 12.2 Å². The summed E-state index contributed by atoms with van der Waals surface area (Å²) < 4.78 is 5.70. The fourth-order valence-electron chi connectivity index (χ4n) is 2.14. The Kier molecular flexibility index (Phi) is 5.88. The Bertz CT molecular complexity index is 701. The number of hydrogen-bond acceptors (Lipinski definition) is 3. The molecule has 0 aromatic heterocycles. The zero-order chi connectivity index (χ0) is 16.8. The summed E-state index contributed by atoms with van der Waals surface area (Å²) in [7, 11) is 0. The Hall–Kier alpha value is -2.20. The highest BCUT2D eigenvalue weighted by Crippen LogP contribution is 2.21. The average molecular weight is 334 g/mol. The van der Waals surface area contributed by atoms with E-state index in [1.807, 2.05) is 18.2 Å². The van der Waals surface area contributed by atoms with Crippen molar-refractivity contribution >= 4 is 23.3 Å². The Balaban J connectivity index is 1.81. The lowest BCUT2D eigenvalue weighted by molar-refractivity contribution is 0.0698. The van der Waals surface area contributed by atoms with Crippen LogP contribution in [0.2, 0.25) is 5.02 Å². The minimum atomic E-state index is -0.999. The lowest BCUT2D eigenvalue weighted by Crippen LogP contribution is -2.10. The lowest BCUT2D eigenvalue weighted by Gasteiger charge is -2.11. The van der Waals surface area contributed by atoms with Gasteiger partial charge in [0.2, 0.25) is 0 Å². The molecule has 0 aliphatic heterocycles. The van der Waals surface area contributed by atoms with E-state index in [9.17, 15) is 4.79 Å². The molecule has 2 aromatic rings. The van der Waals surface area contributed by atoms with Gasteiger partial charge in [0.25, 0.3) is 0 Å². The molecule has 0 atom stereocenters. The predicted molar refractivity (Wildman–Crippen MR) is 92.9 cm³/mol. The van der Waals surface area contributed by atoms with Crippen molar-refractivity contribution in [1.29, 1.82) is 0 Å². The van der Waals surface area contributed by atoms with E-state index in [0.717, 1.165) is 12.2 Å². The maximum atomic E-state index is 11.2. The highest BCUT2D eigenvalue weighted by atomic mass is 35.5. The van der Waals surface area contributed by atoms with Crippen molar-refractivity contribution in [1.82, 2.24) is 0 Å². The highest BCUT2D eigenvalue weighted by Gasteiger charge is 2.10. The van der Waals surface area contributed by atoms with Gasteiger partial charge in [-0.3, -0.25) is 0 Å². The molecule has 5 heteroatoms. The summed E-state index contributed by atoms with van der Waals surface area (Å²) >= 11 is 5.83. The lowest BCUT2D eigenvalue weighted by atomic mass is 10.1. The Morgan fingerprint density at radius 2 is 1.96 bits per heavy atom. The number of hydrogen-bond donors (Lipinski definition) is 2. The van der Waals surface area contributed by atoms with Gasteiger partial charge in [0.1, 0.15) is 5.75 Å². The molecule has 0 saturated carbocycles. The molecule has 0 spiro atoms. The van der Waals surface area contributed by atoms with Crippen molar-refractivity contribution in [3.8, 4) is 5.75 Å². The number of ether oxygens (including phenoxy) is 1. The molecule has 2 rings (SSSR count). The molecule has 0 aliphatic carbocycles. The molecular weight excluding hydrogens is 314 g/mol. The van der Waals surface area contributed by atoms with Gasteiger partial charge in [-0.05, 0) is 61.7 Å². The summed E-state index contributed by atoms with van der Waals surface area (Å²) in [6.07, 6.45) is 0.759. The fraction of sp³-hybridized carbons (Fsp3) is 0.278. The van der Waals surface area contributed by atoms with E-state index in [1.165, 1.54) is 17.2 Å². The molecule has 122 valence electrons. The standard InChI is InChI=1S/C18H20ClNO3/c1-12-4-6-15(10-13(12)2)23-9-3-8-20-17-7-5-14(19)11-16(17)18(21)22/h4-7,10-11,20H,3,8-9H2,1-2H3,(H,21,22). The van der Waals surface area contributed by atoms with Gasteiger partial charge in [-0.25, -0.2) is 4.79 Å². The third kappa shape index (κ3) is 4.89. The molecule has 0 unspecified atom stereocenters. The number of carboxylic acid groups (broad SMARTS) is 1. The predicted octanol–water partition coefficient (Wildman–Crippen LogP) is 4.54. The third-order valence-electron chi connectivity index (χ3n) is 3.60. The summed E-state index contributed by atoms with van der Waals surface area (Å²) in [4.78, 5) is 11.2. The Morgan fingerprint density at radius 1 is 1.17 bits per heavy atom. The van der Waals surface area contributed by atoms with Crippen LogP contribution in [0.4, 0.5) is 5.69 Å². The van der Waals surface area contributed by atoms with Crippen molar-refractivity contribution < 1.29 is 14.6 Å². The van der Waals surface area contributed by atoms with Gasteiger partial charge in [-0.2, -0.15) is 0 Å². The molecule has 2 aromatic carbocycles. The average Bonchev–Trinajstić information content (AvgIpc) is 2.51. The molecule has 0 saturated heterocycles. The minimum Gasteiger partial charge on any atom is -0.494 e. The second kappa shape index (κ2) is 7.88. The van der Waals surface area contributed by atoms with Gasteiger partial charge in [0.15, 0.2) is 0 Å². The fourth-order valence-corrected chi connectivity index (χ4v) is 2.31. The number of aromatic carboxylic acids is 1. The molecule has 0 amide bonds. The third-order valence-corrected chi connectivity index (χ3v) is 3.83. The van der Waals surface area contributed by atoms with Crippen LogP contribution in [0, 0.1) is 13.8 Å². The maximum absolute atomic E-state index is 11.2. The van der Waals surface area contributed by atoms with E-state index in [0.29, 0.717) is 23.9 Å². The number of anilines is 1. The normalized spacial score (nSPS) is 10.4. The zero-order valence-electron chi connectivity index (χ0n) is 13.2. The van der Waals surface area contributed by atoms with Gasteiger partial charge < -0.3 is 15.2 Å². The SMILES string of the molecule is Cc1ccc(OCCCNc2ccc(Cl)cc2C(=O)O)cc1C. The van der Waals surface area contributed by atoms with Crippen LogP contribution in [-0.4, -0.2) is 24.2 Å². The quantitative estimate of drug-likeness (QED) is 0.730. The molecule has 0 bridgehead atoms. The monoisotopic (exact) mass is 333 g/mol. The highest BCUT2D eigenvalue weighted by molar-refractivity contribution is 6.31. The number of halogens is 1. The summed E-state index contributed by atoms with van der Waals surface area (Å²) in [5.74, 6) is -0.146. The smallest absolute Gasteiger partial charge is 0.337 e. The van der Waals surface area contributed by atoms with Gasteiger partial charge in [-0.1, -0.05) is 17.7 Å². The maximum Gasteiger partial charge on any atom is 0.337 e. The van der Waals surface area contributed by atoms with Crippen LogP contribution in [0.15, 0.2) is 36.4 Å². The Labute approximate surface area is 141 Å². The van der Waals surface area contributed by atoms with Crippen LogP contribution in [-0.2, 0) is 0 Å². The number of aryl methyl sites for hydroxylation is 2. The van der Waals surface area contributed by atoms with Crippen LogP contribution in [0.25, 0.3) is 0 Å². The molecule has 23 heavy (non-hydrogen) atoms. The van der Waals surface area contributed by atoms with E-state index in [2.05, 4.69) is 19.2 Å². The van der Waals surface area contributed by atoms with Crippen LogP contribution in [0.1, 0.15) is 27.9 Å². The van der Waals surface area contributed by atoms with E-state index in [4.69, 9.17) is 21.4 Å². The number of rotatable bonds is 7. The van der Waals surface area contributed by atoms with Crippen LogP contribution in [0.3, 0.4) is 0 Å². The summed E-state index contributed by atoms with van der Waals surface area (Å²) in [6, 6.07) is 10.8. The Morgan fingerprint density at radius 3 is 2.65 bits per heavy atom. The summed E-state index contributed by atoms with van der Waals surface area (Å²) in [5, 5.41) is 12.7. The van der Waals surface area contributed by atoms with E-state index in [-0.39, 0.29) is 5.56 Å². The first-order valence-corrected chi connectivity index (χ1v) is 7.82. The van der Waals surface area contributed by atoms with Gasteiger partial charge in [0, 0.05) is 17.3 Å². The summed E-state index contributed by atoms with van der Waals surface area (Å²) in [6.45, 7) is 5.30. The molecule has 0 radical (unpaired) electrons. The molecule has 2 N–H and O–H groups in total. The number of carbonyl (C=O) groups is 1.